The summed E-state index contributed by atoms with van der Waals surface area (Å²) in [6, 6.07) is 7.31. The first-order valence-corrected chi connectivity index (χ1v) is 10.1. The molecule has 0 atom stereocenters. The highest BCUT2D eigenvalue weighted by atomic mass is 32.1. The van der Waals surface area contributed by atoms with Crippen LogP contribution in [0.25, 0.3) is 0 Å². The third kappa shape index (κ3) is 4.28. The zero-order chi connectivity index (χ0) is 20.3. The summed E-state index contributed by atoms with van der Waals surface area (Å²) in [6.07, 6.45) is 0. The number of phenols is 1. The molecule has 0 saturated carbocycles. The van der Waals surface area contributed by atoms with Gasteiger partial charge in [0.15, 0.2) is 6.54 Å². The van der Waals surface area contributed by atoms with Crippen LogP contribution >= 0.6 is 11.3 Å². The molecule has 0 radical (unpaired) electrons. The van der Waals surface area contributed by atoms with E-state index in [1.165, 1.54) is 23.3 Å². The maximum absolute atomic E-state index is 12.5. The topological polar surface area (TPSA) is 83.3 Å². The quantitative estimate of drug-likeness (QED) is 0.653. The first kappa shape index (κ1) is 20.2. The van der Waals surface area contributed by atoms with Gasteiger partial charge in [0.1, 0.15) is 10.8 Å². The van der Waals surface area contributed by atoms with Gasteiger partial charge in [-0.25, -0.2) is 4.79 Å². The molecule has 2 heterocycles. The molecule has 0 unspecified atom stereocenters. The van der Waals surface area contributed by atoms with Crippen LogP contribution in [0.5, 0.6) is 5.75 Å². The van der Waals surface area contributed by atoms with E-state index in [0.29, 0.717) is 17.1 Å². The number of methoxy groups -OCH3 is 1. The molecule has 1 fully saturated rings. The molecular weight excluding hydrogens is 378 g/mol. The van der Waals surface area contributed by atoms with Gasteiger partial charge in [-0.2, -0.15) is 0 Å². The van der Waals surface area contributed by atoms with E-state index in [0.717, 1.165) is 42.3 Å². The van der Waals surface area contributed by atoms with Crippen LogP contribution in [0.2, 0.25) is 0 Å². The number of phenolic OH excluding ortho intramolecular Hbond substituents is 1. The number of hydrogen-bond donors (Lipinski definition) is 3. The lowest BCUT2D eigenvalue weighted by Crippen LogP contribution is -3.15. The van der Waals surface area contributed by atoms with Crippen LogP contribution in [0.1, 0.15) is 20.8 Å². The Labute approximate surface area is 168 Å². The molecule has 7 nitrogen and oxygen atoms in total. The summed E-state index contributed by atoms with van der Waals surface area (Å²) in [5, 5.41) is 13.5. The van der Waals surface area contributed by atoms with Crippen molar-refractivity contribution in [3.8, 4) is 5.75 Å². The number of quaternary nitrogens is 1. The second-order valence-electron chi connectivity index (χ2n) is 6.93. The normalized spacial score (nSPS) is 14.8. The van der Waals surface area contributed by atoms with Crippen LogP contribution in [0, 0.1) is 13.8 Å². The van der Waals surface area contributed by atoms with Crippen molar-refractivity contribution in [2.75, 3.05) is 50.1 Å². The van der Waals surface area contributed by atoms with Gasteiger partial charge in [0.25, 0.3) is 5.91 Å². The summed E-state index contributed by atoms with van der Waals surface area (Å²) in [7, 11) is 1.34. The van der Waals surface area contributed by atoms with E-state index in [-0.39, 0.29) is 11.7 Å². The minimum Gasteiger partial charge on any atom is -0.506 e. The van der Waals surface area contributed by atoms with E-state index >= 15 is 0 Å². The Kier molecular flexibility index (Phi) is 6.21. The number of esters is 1. The Bertz CT molecular complexity index is 872. The van der Waals surface area contributed by atoms with Gasteiger partial charge in [-0.3, -0.25) is 4.79 Å². The predicted molar refractivity (Wildman–Crippen MR) is 110 cm³/mol. The fourth-order valence-corrected chi connectivity index (χ4v) is 4.50. The van der Waals surface area contributed by atoms with E-state index in [1.807, 2.05) is 26.0 Å². The summed E-state index contributed by atoms with van der Waals surface area (Å²) >= 11 is 1.40. The van der Waals surface area contributed by atoms with Crippen LogP contribution in [0.4, 0.5) is 10.7 Å². The monoisotopic (exact) mass is 404 g/mol. The van der Waals surface area contributed by atoms with Gasteiger partial charge in [0.05, 0.1) is 44.5 Å². The Balaban J connectivity index is 1.58. The SMILES string of the molecule is COC(=O)c1c(NC(=O)C[NH+]2CCN(c3ccccc3O)CC2)sc(C)c1C. The molecule has 0 bridgehead atoms. The predicted octanol–water partition coefficient (Wildman–Crippen LogP) is 1.20. The Hall–Kier alpha value is -2.58. The summed E-state index contributed by atoms with van der Waals surface area (Å²) in [5.41, 5.74) is 2.12. The number of ether oxygens (including phenoxy) is 1. The highest BCUT2D eigenvalue weighted by Crippen LogP contribution is 2.32. The van der Waals surface area contributed by atoms with Crippen molar-refractivity contribution >= 4 is 33.9 Å². The highest BCUT2D eigenvalue weighted by molar-refractivity contribution is 7.16. The second-order valence-corrected chi connectivity index (χ2v) is 8.15. The number of rotatable bonds is 5. The number of nitrogens with one attached hydrogen (secondary N) is 2. The van der Waals surface area contributed by atoms with Gasteiger partial charge < -0.3 is 25.0 Å². The Morgan fingerprint density at radius 1 is 1.25 bits per heavy atom. The van der Waals surface area contributed by atoms with Crippen molar-refractivity contribution in [1.29, 1.82) is 0 Å². The van der Waals surface area contributed by atoms with Gasteiger partial charge >= 0.3 is 5.97 Å². The van der Waals surface area contributed by atoms with Crippen molar-refractivity contribution in [2.45, 2.75) is 13.8 Å². The molecule has 150 valence electrons. The average molecular weight is 405 g/mol. The highest BCUT2D eigenvalue weighted by Gasteiger charge is 2.26. The minimum absolute atomic E-state index is 0.114. The molecule has 8 heteroatoms. The number of nitrogens with zero attached hydrogens (tertiary/aromatic N) is 1. The van der Waals surface area contributed by atoms with Crippen LogP contribution in [0.3, 0.4) is 0 Å². The number of thiophene rings is 1. The average Bonchev–Trinajstić information content (AvgIpc) is 2.95. The number of hydrogen-bond acceptors (Lipinski definition) is 6. The number of benzene rings is 1. The molecule has 28 heavy (non-hydrogen) atoms. The molecule has 1 saturated heterocycles. The van der Waals surface area contributed by atoms with E-state index < -0.39 is 5.97 Å². The molecule has 0 aliphatic carbocycles. The van der Waals surface area contributed by atoms with Crippen LogP contribution in [-0.2, 0) is 9.53 Å². The van der Waals surface area contributed by atoms with Crippen molar-refractivity contribution in [3.63, 3.8) is 0 Å². The molecule has 1 aliphatic rings. The number of anilines is 2. The number of amides is 1. The number of aryl methyl sites for hydroxylation is 1. The van der Waals surface area contributed by atoms with Gasteiger partial charge in [-0.05, 0) is 31.5 Å². The van der Waals surface area contributed by atoms with Gasteiger partial charge in [-0.15, -0.1) is 11.3 Å². The summed E-state index contributed by atoms with van der Waals surface area (Å²) < 4.78 is 4.85. The zero-order valence-electron chi connectivity index (χ0n) is 16.4. The molecule has 3 N–H and O–H groups in total. The van der Waals surface area contributed by atoms with E-state index in [2.05, 4.69) is 10.2 Å². The number of para-hydroxylation sites is 2. The third-order valence-electron chi connectivity index (χ3n) is 5.13. The maximum atomic E-state index is 12.5. The molecule has 1 aliphatic heterocycles. The number of piperazine rings is 1. The van der Waals surface area contributed by atoms with Crippen LogP contribution < -0.4 is 15.1 Å². The molecule has 1 amide bonds. The summed E-state index contributed by atoms with van der Waals surface area (Å²) in [4.78, 5) is 28.9. The van der Waals surface area contributed by atoms with Crippen LogP contribution in [-0.4, -0.2) is 56.8 Å². The summed E-state index contributed by atoms with van der Waals surface area (Å²) in [6.45, 7) is 7.26. The smallest absolute Gasteiger partial charge is 0.341 e. The van der Waals surface area contributed by atoms with Crippen molar-refractivity contribution in [3.05, 3.63) is 40.3 Å². The van der Waals surface area contributed by atoms with Crippen molar-refractivity contribution < 1.29 is 24.3 Å². The third-order valence-corrected chi connectivity index (χ3v) is 6.25. The number of carbonyl (C=O) groups excluding carboxylic acids is 2. The lowest BCUT2D eigenvalue weighted by molar-refractivity contribution is -0.892. The standard InChI is InChI=1S/C20H25N3O4S/c1-13-14(2)28-19(18(13)20(26)27-3)21-17(25)12-22-8-10-23(11-9-22)15-6-4-5-7-16(15)24/h4-7,24H,8-12H2,1-3H3,(H,21,25)/p+1. The molecule has 0 spiro atoms. The van der Waals surface area contributed by atoms with E-state index in [4.69, 9.17) is 4.74 Å². The summed E-state index contributed by atoms with van der Waals surface area (Å²) in [5.74, 6) is -0.263. The zero-order valence-corrected chi connectivity index (χ0v) is 17.2. The Morgan fingerprint density at radius 2 is 1.93 bits per heavy atom. The van der Waals surface area contributed by atoms with E-state index in [1.54, 1.807) is 12.1 Å². The Morgan fingerprint density at radius 3 is 2.57 bits per heavy atom. The van der Waals surface area contributed by atoms with Crippen LogP contribution in [0.15, 0.2) is 24.3 Å². The van der Waals surface area contributed by atoms with Crippen molar-refractivity contribution in [1.82, 2.24) is 0 Å². The van der Waals surface area contributed by atoms with E-state index in [9.17, 15) is 14.7 Å². The first-order valence-electron chi connectivity index (χ1n) is 9.25. The maximum Gasteiger partial charge on any atom is 0.341 e. The second kappa shape index (κ2) is 8.62. The molecular formula is C20H26N3O4S+. The number of carbonyl (C=O) groups is 2. The lowest BCUT2D eigenvalue weighted by Gasteiger charge is -2.33. The fraction of sp³-hybridized carbons (Fsp3) is 0.400. The van der Waals surface area contributed by atoms with Gasteiger partial charge in [0, 0.05) is 4.88 Å². The molecule has 2 aromatic rings. The molecule has 3 rings (SSSR count). The van der Waals surface area contributed by atoms with Gasteiger partial charge in [0.2, 0.25) is 0 Å². The largest absolute Gasteiger partial charge is 0.506 e. The van der Waals surface area contributed by atoms with Crippen molar-refractivity contribution in [2.24, 2.45) is 0 Å². The minimum atomic E-state index is -0.430. The number of aromatic hydroxyl groups is 1. The molecule has 1 aromatic heterocycles. The van der Waals surface area contributed by atoms with Gasteiger partial charge in [-0.1, -0.05) is 12.1 Å². The fourth-order valence-electron chi connectivity index (χ4n) is 3.43. The lowest BCUT2D eigenvalue weighted by atomic mass is 10.1. The molecule has 1 aromatic carbocycles. The first-order chi connectivity index (χ1) is 13.4.